The molecule has 0 spiro atoms. The molecule has 1 saturated heterocycles. The first-order valence-electron chi connectivity index (χ1n) is 10.7. The summed E-state index contributed by atoms with van der Waals surface area (Å²) in [6.07, 6.45) is 3.88. The molecule has 0 radical (unpaired) electrons. The Labute approximate surface area is 186 Å². The molecule has 2 heterocycles. The second-order valence-electron chi connectivity index (χ2n) is 7.73. The number of aromatic nitrogens is 2. The lowest BCUT2D eigenvalue weighted by Crippen LogP contribution is -2.40. The molecule has 0 N–H and O–H groups in total. The zero-order valence-corrected chi connectivity index (χ0v) is 17.9. The third-order valence-electron chi connectivity index (χ3n) is 5.46. The van der Waals surface area contributed by atoms with Gasteiger partial charge in [-0.3, -0.25) is 9.59 Å². The van der Waals surface area contributed by atoms with Crippen LogP contribution in [0.15, 0.2) is 71.2 Å². The molecule has 32 heavy (non-hydrogen) atoms. The molecule has 1 unspecified atom stereocenters. The van der Waals surface area contributed by atoms with Crippen LogP contribution in [0.4, 0.5) is 0 Å². The summed E-state index contributed by atoms with van der Waals surface area (Å²) in [7, 11) is 0. The molecule has 7 nitrogen and oxygen atoms in total. The molecule has 1 aliphatic rings. The molecule has 0 aliphatic carbocycles. The molecule has 7 heteroatoms. The Morgan fingerprint density at radius 1 is 1.03 bits per heavy atom. The minimum absolute atomic E-state index is 0.0478. The number of piperidine rings is 1. The first-order chi connectivity index (χ1) is 15.6. The van der Waals surface area contributed by atoms with E-state index < -0.39 is 6.10 Å². The summed E-state index contributed by atoms with van der Waals surface area (Å²) in [5, 5.41) is 8.05. The molecule has 3 aromatic rings. The summed E-state index contributed by atoms with van der Waals surface area (Å²) >= 11 is 0. The fourth-order valence-electron chi connectivity index (χ4n) is 3.59. The number of carbonyl (C=O) groups excluding carboxylic acids is 2. The SMILES string of the molecule is CC(OC(=O)C1CCN(C(=O)/C=C/c2ccccc2)CC1)c1nnc(-c2ccccc2)o1. The van der Waals surface area contributed by atoms with Gasteiger partial charge in [0.25, 0.3) is 5.89 Å². The van der Waals surface area contributed by atoms with Crippen LogP contribution in [-0.2, 0) is 14.3 Å². The number of hydrogen-bond donors (Lipinski definition) is 0. The van der Waals surface area contributed by atoms with Gasteiger partial charge in [-0.15, -0.1) is 10.2 Å². The van der Waals surface area contributed by atoms with E-state index in [0.29, 0.717) is 31.8 Å². The zero-order valence-electron chi connectivity index (χ0n) is 17.9. The van der Waals surface area contributed by atoms with E-state index in [1.165, 1.54) is 0 Å². The number of amides is 1. The minimum Gasteiger partial charge on any atom is -0.452 e. The van der Waals surface area contributed by atoms with Gasteiger partial charge in [-0.2, -0.15) is 0 Å². The van der Waals surface area contributed by atoms with E-state index >= 15 is 0 Å². The molecule has 0 bridgehead atoms. The van der Waals surface area contributed by atoms with Crippen LogP contribution in [0.5, 0.6) is 0 Å². The fraction of sp³-hybridized carbons (Fsp3) is 0.280. The van der Waals surface area contributed by atoms with Crippen LogP contribution >= 0.6 is 0 Å². The van der Waals surface area contributed by atoms with Gasteiger partial charge in [-0.1, -0.05) is 48.5 Å². The van der Waals surface area contributed by atoms with Gasteiger partial charge in [-0.25, -0.2) is 0 Å². The van der Waals surface area contributed by atoms with E-state index in [0.717, 1.165) is 11.1 Å². The normalized spacial score (nSPS) is 15.6. The maximum Gasteiger partial charge on any atom is 0.309 e. The number of ether oxygens (including phenoxy) is 1. The Balaban J connectivity index is 1.27. The van der Waals surface area contributed by atoms with Crippen molar-refractivity contribution in [2.75, 3.05) is 13.1 Å². The number of hydrogen-bond acceptors (Lipinski definition) is 6. The average molecular weight is 431 g/mol. The van der Waals surface area contributed by atoms with E-state index in [-0.39, 0.29) is 23.7 Å². The van der Waals surface area contributed by atoms with Crippen LogP contribution < -0.4 is 0 Å². The topological polar surface area (TPSA) is 85.5 Å². The lowest BCUT2D eigenvalue weighted by molar-refractivity contribution is -0.157. The summed E-state index contributed by atoms with van der Waals surface area (Å²) in [5.41, 5.74) is 1.79. The Morgan fingerprint density at radius 2 is 1.69 bits per heavy atom. The summed E-state index contributed by atoms with van der Waals surface area (Å²) in [6, 6.07) is 19.1. The molecule has 1 aliphatic heterocycles. The van der Waals surface area contributed by atoms with Crippen molar-refractivity contribution in [1.82, 2.24) is 15.1 Å². The van der Waals surface area contributed by atoms with Crippen LogP contribution in [0, 0.1) is 5.92 Å². The molecule has 1 aromatic heterocycles. The summed E-state index contributed by atoms with van der Waals surface area (Å²) in [5.74, 6) is 0.0445. The predicted octanol–water partition coefficient (Wildman–Crippen LogP) is 4.29. The first kappa shape index (κ1) is 21.5. The number of esters is 1. The predicted molar refractivity (Wildman–Crippen MR) is 119 cm³/mol. The summed E-state index contributed by atoms with van der Waals surface area (Å²) < 4.78 is 11.2. The lowest BCUT2D eigenvalue weighted by atomic mass is 9.97. The van der Waals surface area contributed by atoms with Crippen molar-refractivity contribution in [3.8, 4) is 11.5 Å². The van der Waals surface area contributed by atoms with Crippen molar-refractivity contribution in [3.63, 3.8) is 0 Å². The van der Waals surface area contributed by atoms with Crippen LogP contribution in [0.3, 0.4) is 0 Å². The second kappa shape index (κ2) is 10.0. The second-order valence-corrected chi connectivity index (χ2v) is 7.73. The fourth-order valence-corrected chi connectivity index (χ4v) is 3.59. The smallest absolute Gasteiger partial charge is 0.309 e. The van der Waals surface area contributed by atoms with Crippen molar-refractivity contribution in [2.24, 2.45) is 5.92 Å². The lowest BCUT2D eigenvalue weighted by Gasteiger charge is -2.30. The van der Waals surface area contributed by atoms with E-state index in [1.54, 1.807) is 24.0 Å². The monoisotopic (exact) mass is 431 g/mol. The zero-order chi connectivity index (χ0) is 22.3. The molecule has 2 aromatic carbocycles. The number of nitrogens with zero attached hydrogens (tertiary/aromatic N) is 3. The number of benzene rings is 2. The van der Waals surface area contributed by atoms with Crippen LogP contribution in [0.1, 0.15) is 37.3 Å². The van der Waals surface area contributed by atoms with E-state index in [1.807, 2.05) is 60.7 Å². The van der Waals surface area contributed by atoms with Gasteiger partial charge >= 0.3 is 5.97 Å². The van der Waals surface area contributed by atoms with Crippen molar-refractivity contribution < 1.29 is 18.7 Å². The van der Waals surface area contributed by atoms with Gasteiger partial charge in [0.1, 0.15) is 0 Å². The number of likely N-dealkylation sites (tertiary alicyclic amines) is 1. The standard InChI is InChI=1S/C25H25N3O4/c1-18(23-26-27-24(32-23)20-10-6-3-7-11-20)31-25(30)21-14-16-28(17-15-21)22(29)13-12-19-8-4-2-5-9-19/h2-13,18,21H,14-17H2,1H3/b13-12+. The highest BCUT2D eigenvalue weighted by Gasteiger charge is 2.30. The van der Waals surface area contributed by atoms with Gasteiger partial charge in [0, 0.05) is 24.7 Å². The minimum atomic E-state index is -0.638. The van der Waals surface area contributed by atoms with Gasteiger partial charge < -0.3 is 14.1 Å². The van der Waals surface area contributed by atoms with Crippen molar-refractivity contribution in [2.45, 2.75) is 25.9 Å². The van der Waals surface area contributed by atoms with Crippen LogP contribution in [-0.4, -0.2) is 40.1 Å². The van der Waals surface area contributed by atoms with E-state index in [2.05, 4.69) is 10.2 Å². The van der Waals surface area contributed by atoms with Crippen molar-refractivity contribution in [3.05, 3.63) is 78.2 Å². The largest absolute Gasteiger partial charge is 0.452 e. The average Bonchev–Trinajstić information content (AvgIpc) is 3.34. The maximum absolute atomic E-state index is 12.6. The molecular formula is C25H25N3O4. The molecule has 4 rings (SSSR count). The van der Waals surface area contributed by atoms with Gasteiger partial charge in [-0.05, 0) is 43.5 Å². The van der Waals surface area contributed by atoms with E-state index in [9.17, 15) is 9.59 Å². The highest BCUT2D eigenvalue weighted by atomic mass is 16.6. The van der Waals surface area contributed by atoms with Gasteiger partial charge in [0.05, 0.1) is 5.92 Å². The van der Waals surface area contributed by atoms with Gasteiger partial charge in [0.15, 0.2) is 6.10 Å². The van der Waals surface area contributed by atoms with Crippen LogP contribution in [0.2, 0.25) is 0 Å². The van der Waals surface area contributed by atoms with Crippen molar-refractivity contribution in [1.29, 1.82) is 0 Å². The Bertz CT molecular complexity index is 1070. The summed E-state index contributed by atoms with van der Waals surface area (Å²) in [6.45, 7) is 2.75. The van der Waals surface area contributed by atoms with E-state index in [4.69, 9.17) is 9.15 Å². The molecular weight excluding hydrogens is 406 g/mol. The highest BCUT2D eigenvalue weighted by molar-refractivity contribution is 5.92. The number of carbonyl (C=O) groups is 2. The van der Waals surface area contributed by atoms with Gasteiger partial charge in [0.2, 0.25) is 11.8 Å². The Hall–Kier alpha value is -3.74. The Kier molecular flexibility index (Phi) is 6.75. The number of rotatable bonds is 6. The molecule has 164 valence electrons. The third kappa shape index (κ3) is 5.29. The molecule has 0 saturated carbocycles. The molecule has 1 fully saturated rings. The first-order valence-corrected chi connectivity index (χ1v) is 10.7. The third-order valence-corrected chi connectivity index (χ3v) is 5.46. The maximum atomic E-state index is 12.6. The van der Waals surface area contributed by atoms with Crippen LogP contribution in [0.25, 0.3) is 17.5 Å². The Morgan fingerprint density at radius 3 is 2.38 bits per heavy atom. The molecule has 1 atom stereocenters. The van der Waals surface area contributed by atoms with Crippen molar-refractivity contribution >= 4 is 18.0 Å². The molecule has 1 amide bonds. The quantitative estimate of drug-likeness (QED) is 0.427. The highest BCUT2D eigenvalue weighted by Crippen LogP contribution is 2.25. The summed E-state index contributed by atoms with van der Waals surface area (Å²) in [4.78, 5) is 26.8.